The molecule has 1 aromatic heterocycles. The Hall–Kier alpha value is -1.92. The summed E-state index contributed by atoms with van der Waals surface area (Å²) in [6.45, 7) is 0. The maximum absolute atomic E-state index is 11.5. The molecule has 0 aliphatic heterocycles. The van der Waals surface area contributed by atoms with Gasteiger partial charge in [-0.25, -0.2) is 8.42 Å². The number of methoxy groups -OCH3 is 1. The van der Waals surface area contributed by atoms with Crippen molar-refractivity contribution in [3.8, 4) is 17.0 Å². The van der Waals surface area contributed by atoms with Crippen LogP contribution in [0.4, 0.5) is 0 Å². The number of hydrogen-bond acceptors (Lipinski definition) is 5. The van der Waals surface area contributed by atoms with Crippen molar-refractivity contribution in [1.82, 2.24) is 4.98 Å². The van der Waals surface area contributed by atoms with Crippen LogP contribution in [-0.2, 0) is 15.6 Å². The first-order valence-corrected chi connectivity index (χ1v) is 9.50. The molecule has 0 amide bonds. The number of aromatic nitrogens is 1. The zero-order chi connectivity index (χ0) is 16.6. The smallest absolute Gasteiger partial charge is 0.151 e. The highest BCUT2D eigenvalue weighted by Crippen LogP contribution is 2.39. The second-order valence-electron chi connectivity index (χ2n) is 6.09. The quantitative estimate of drug-likeness (QED) is 0.907. The molecule has 2 N–H and O–H groups in total. The monoisotopic (exact) mass is 332 g/mol. The van der Waals surface area contributed by atoms with Crippen LogP contribution in [0.25, 0.3) is 11.3 Å². The SMILES string of the molecule is COc1ccc(CS(C)(=O)=O)cc1-c1ccc([C@H]2C[C@@H]2N)cn1. The van der Waals surface area contributed by atoms with Gasteiger partial charge in [0.15, 0.2) is 9.84 Å². The molecule has 1 heterocycles. The zero-order valence-electron chi connectivity index (χ0n) is 13.2. The Morgan fingerprint density at radius 1 is 1.30 bits per heavy atom. The zero-order valence-corrected chi connectivity index (χ0v) is 14.0. The summed E-state index contributed by atoms with van der Waals surface area (Å²) < 4.78 is 28.4. The number of pyridine rings is 1. The van der Waals surface area contributed by atoms with Gasteiger partial charge in [-0.05, 0) is 35.7 Å². The molecule has 6 heteroatoms. The second-order valence-corrected chi connectivity index (χ2v) is 8.23. The van der Waals surface area contributed by atoms with Crippen molar-refractivity contribution >= 4 is 9.84 Å². The molecule has 2 atom stereocenters. The van der Waals surface area contributed by atoms with Gasteiger partial charge >= 0.3 is 0 Å². The Morgan fingerprint density at radius 3 is 2.57 bits per heavy atom. The Kier molecular flexibility index (Phi) is 4.12. The molecule has 0 bridgehead atoms. The Bertz CT molecular complexity index is 816. The van der Waals surface area contributed by atoms with Crippen LogP contribution in [0.2, 0.25) is 0 Å². The van der Waals surface area contributed by atoms with Gasteiger partial charge in [0.1, 0.15) is 5.75 Å². The van der Waals surface area contributed by atoms with Crippen molar-refractivity contribution in [1.29, 1.82) is 0 Å². The molecule has 0 unspecified atom stereocenters. The summed E-state index contributed by atoms with van der Waals surface area (Å²) in [6, 6.07) is 9.58. The molecule has 1 aromatic carbocycles. The van der Waals surface area contributed by atoms with E-state index >= 15 is 0 Å². The molecule has 0 spiro atoms. The average Bonchev–Trinajstić information content (AvgIpc) is 3.23. The number of ether oxygens (including phenoxy) is 1. The van der Waals surface area contributed by atoms with E-state index in [0.717, 1.165) is 28.8 Å². The molecule has 3 rings (SSSR count). The minimum atomic E-state index is -3.09. The molecule has 5 nitrogen and oxygen atoms in total. The van der Waals surface area contributed by atoms with E-state index in [1.807, 2.05) is 24.4 Å². The van der Waals surface area contributed by atoms with Gasteiger partial charge in [0, 0.05) is 30.0 Å². The third-order valence-corrected chi connectivity index (χ3v) is 4.88. The fourth-order valence-corrected chi connectivity index (χ4v) is 3.51. The Morgan fingerprint density at radius 2 is 2.04 bits per heavy atom. The van der Waals surface area contributed by atoms with Gasteiger partial charge in [0.2, 0.25) is 0 Å². The van der Waals surface area contributed by atoms with E-state index in [1.54, 1.807) is 19.2 Å². The number of nitrogens with two attached hydrogens (primary N) is 1. The van der Waals surface area contributed by atoms with Gasteiger partial charge in [0.05, 0.1) is 18.6 Å². The number of benzene rings is 1. The molecule has 1 saturated carbocycles. The maximum Gasteiger partial charge on any atom is 0.151 e. The predicted molar refractivity (Wildman–Crippen MR) is 90.1 cm³/mol. The normalized spacial score (nSPS) is 20.3. The van der Waals surface area contributed by atoms with Gasteiger partial charge in [-0.2, -0.15) is 0 Å². The molecule has 1 fully saturated rings. The van der Waals surface area contributed by atoms with E-state index in [1.165, 1.54) is 6.26 Å². The molecule has 2 aromatic rings. The van der Waals surface area contributed by atoms with E-state index in [2.05, 4.69) is 4.98 Å². The van der Waals surface area contributed by atoms with Crippen LogP contribution in [0.15, 0.2) is 36.5 Å². The first-order chi connectivity index (χ1) is 10.9. The van der Waals surface area contributed by atoms with Crippen molar-refractivity contribution in [3.05, 3.63) is 47.7 Å². The van der Waals surface area contributed by atoms with E-state index in [0.29, 0.717) is 11.7 Å². The summed E-state index contributed by atoms with van der Waals surface area (Å²) in [4.78, 5) is 4.51. The van der Waals surface area contributed by atoms with Gasteiger partial charge in [0.25, 0.3) is 0 Å². The van der Waals surface area contributed by atoms with E-state index < -0.39 is 9.84 Å². The topological polar surface area (TPSA) is 82.3 Å². The molecule has 122 valence electrons. The molecular formula is C17H20N2O3S. The van der Waals surface area contributed by atoms with Crippen LogP contribution in [0.5, 0.6) is 5.75 Å². The highest BCUT2D eigenvalue weighted by atomic mass is 32.2. The fraction of sp³-hybridized carbons (Fsp3) is 0.353. The molecule has 1 aliphatic rings. The lowest BCUT2D eigenvalue weighted by Crippen LogP contribution is -2.02. The van der Waals surface area contributed by atoms with Crippen molar-refractivity contribution < 1.29 is 13.2 Å². The minimum Gasteiger partial charge on any atom is -0.496 e. The van der Waals surface area contributed by atoms with Gasteiger partial charge in [-0.3, -0.25) is 4.98 Å². The molecule has 1 aliphatic carbocycles. The highest BCUT2D eigenvalue weighted by molar-refractivity contribution is 7.89. The number of hydrogen-bond donors (Lipinski definition) is 1. The summed E-state index contributed by atoms with van der Waals surface area (Å²) in [5, 5.41) is 0. The molecule has 0 radical (unpaired) electrons. The lowest BCUT2D eigenvalue weighted by Gasteiger charge is -2.11. The summed E-state index contributed by atoms with van der Waals surface area (Å²) in [7, 11) is -1.50. The third-order valence-electron chi connectivity index (χ3n) is 4.02. The van der Waals surface area contributed by atoms with Gasteiger partial charge < -0.3 is 10.5 Å². The summed E-state index contributed by atoms with van der Waals surface area (Å²) in [5.74, 6) is 1.08. The van der Waals surface area contributed by atoms with Crippen LogP contribution < -0.4 is 10.5 Å². The van der Waals surface area contributed by atoms with Gasteiger partial charge in [-0.15, -0.1) is 0 Å². The van der Waals surface area contributed by atoms with Crippen LogP contribution in [0, 0.1) is 0 Å². The molecular weight excluding hydrogens is 312 g/mol. The van der Waals surface area contributed by atoms with Crippen LogP contribution in [-0.4, -0.2) is 32.8 Å². The van der Waals surface area contributed by atoms with Crippen molar-refractivity contribution in [3.63, 3.8) is 0 Å². The lowest BCUT2D eigenvalue weighted by atomic mass is 10.1. The largest absolute Gasteiger partial charge is 0.496 e. The first kappa shape index (κ1) is 16.0. The summed E-state index contributed by atoms with van der Waals surface area (Å²) >= 11 is 0. The summed E-state index contributed by atoms with van der Waals surface area (Å²) in [5.41, 5.74) is 9.29. The van der Waals surface area contributed by atoms with E-state index in [9.17, 15) is 8.42 Å². The standard InChI is InChI=1S/C17H20N2O3S/c1-22-17-6-3-11(10-23(2,20)21)7-14(17)16-5-4-12(9-19-16)13-8-15(13)18/h3-7,9,13,15H,8,10,18H2,1-2H3/t13-,15+/m1/s1. The predicted octanol–water partition coefficient (Wildman–Crippen LogP) is 2.12. The third kappa shape index (κ3) is 3.71. The Balaban J connectivity index is 1.94. The summed E-state index contributed by atoms with van der Waals surface area (Å²) in [6.07, 6.45) is 4.08. The van der Waals surface area contributed by atoms with Crippen molar-refractivity contribution in [2.45, 2.75) is 24.1 Å². The number of sulfone groups is 1. The molecule has 23 heavy (non-hydrogen) atoms. The lowest BCUT2D eigenvalue weighted by molar-refractivity contribution is 0.416. The van der Waals surface area contributed by atoms with Crippen LogP contribution in [0.1, 0.15) is 23.5 Å². The van der Waals surface area contributed by atoms with Crippen LogP contribution >= 0.6 is 0 Å². The average molecular weight is 332 g/mol. The first-order valence-electron chi connectivity index (χ1n) is 7.44. The van der Waals surface area contributed by atoms with Gasteiger partial charge in [-0.1, -0.05) is 12.1 Å². The number of rotatable bonds is 5. The fourth-order valence-electron chi connectivity index (χ4n) is 2.73. The minimum absolute atomic E-state index is 0.000987. The Labute approximate surface area is 136 Å². The van der Waals surface area contributed by atoms with E-state index in [4.69, 9.17) is 10.5 Å². The maximum atomic E-state index is 11.5. The van der Waals surface area contributed by atoms with Crippen LogP contribution in [0.3, 0.4) is 0 Å². The highest BCUT2D eigenvalue weighted by Gasteiger charge is 2.34. The second kappa shape index (κ2) is 5.94. The molecule has 0 saturated heterocycles. The van der Waals surface area contributed by atoms with Crippen molar-refractivity contribution in [2.75, 3.05) is 13.4 Å². The van der Waals surface area contributed by atoms with Crippen molar-refractivity contribution in [2.24, 2.45) is 5.73 Å². The number of nitrogens with zero attached hydrogens (tertiary/aromatic N) is 1. The van der Waals surface area contributed by atoms with E-state index in [-0.39, 0.29) is 11.8 Å².